The average Bonchev–Trinajstić information content (AvgIpc) is 2.76. The van der Waals surface area contributed by atoms with Crippen molar-refractivity contribution in [2.45, 2.75) is 31.1 Å². The standard InChI is InChI=1S/C14H17ClFNO/c15-12-4-1-11(7-12)9-17-14(18)8-10-2-5-13(16)6-3-10/h2-3,5-6,11-12H,1,4,7-9H2,(H,17,18). The number of carbonyl (C=O) groups excluding carboxylic acids is 1. The second-order valence-corrected chi connectivity index (χ2v) is 5.50. The van der Waals surface area contributed by atoms with E-state index < -0.39 is 0 Å². The first-order valence-electron chi connectivity index (χ1n) is 6.28. The molecule has 1 amide bonds. The fourth-order valence-corrected chi connectivity index (χ4v) is 2.69. The molecule has 98 valence electrons. The molecule has 18 heavy (non-hydrogen) atoms. The van der Waals surface area contributed by atoms with Crippen molar-refractivity contribution in [1.82, 2.24) is 5.32 Å². The third-order valence-corrected chi connectivity index (χ3v) is 3.74. The summed E-state index contributed by atoms with van der Waals surface area (Å²) in [6, 6.07) is 6.02. The Morgan fingerprint density at radius 2 is 2.06 bits per heavy atom. The number of carbonyl (C=O) groups is 1. The SMILES string of the molecule is O=C(Cc1ccc(F)cc1)NCC1CCC(Cl)C1. The van der Waals surface area contributed by atoms with Crippen molar-refractivity contribution in [3.05, 3.63) is 35.6 Å². The highest BCUT2D eigenvalue weighted by Gasteiger charge is 2.22. The molecule has 1 aliphatic carbocycles. The minimum absolute atomic E-state index is 0.0142. The van der Waals surface area contributed by atoms with Crippen molar-refractivity contribution in [2.75, 3.05) is 6.54 Å². The van der Waals surface area contributed by atoms with E-state index in [2.05, 4.69) is 5.32 Å². The van der Waals surface area contributed by atoms with Gasteiger partial charge in [0.15, 0.2) is 0 Å². The topological polar surface area (TPSA) is 29.1 Å². The van der Waals surface area contributed by atoms with Crippen LogP contribution in [0, 0.1) is 11.7 Å². The van der Waals surface area contributed by atoms with Gasteiger partial charge in [0, 0.05) is 11.9 Å². The molecule has 1 fully saturated rings. The van der Waals surface area contributed by atoms with Gasteiger partial charge in [0.1, 0.15) is 5.82 Å². The van der Waals surface area contributed by atoms with Crippen LogP contribution < -0.4 is 5.32 Å². The summed E-state index contributed by atoms with van der Waals surface area (Å²) in [5, 5.41) is 3.18. The van der Waals surface area contributed by atoms with Gasteiger partial charge in [-0.25, -0.2) is 4.39 Å². The molecule has 0 heterocycles. The van der Waals surface area contributed by atoms with Gasteiger partial charge in [-0.2, -0.15) is 0 Å². The molecule has 2 nitrogen and oxygen atoms in total. The van der Waals surface area contributed by atoms with E-state index in [1.165, 1.54) is 12.1 Å². The molecule has 1 saturated carbocycles. The van der Waals surface area contributed by atoms with Crippen LogP contribution in [-0.2, 0) is 11.2 Å². The maximum Gasteiger partial charge on any atom is 0.224 e. The van der Waals surface area contributed by atoms with Crippen molar-refractivity contribution >= 4 is 17.5 Å². The smallest absolute Gasteiger partial charge is 0.224 e. The number of halogens is 2. The lowest BCUT2D eigenvalue weighted by Gasteiger charge is -2.10. The van der Waals surface area contributed by atoms with E-state index in [-0.39, 0.29) is 17.1 Å². The molecule has 2 unspecified atom stereocenters. The van der Waals surface area contributed by atoms with E-state index in [1.54, 1.807) is 12.1 Å². The Labute approximate surface area is 112 Å². The number of rotatable bonds is 4. The van der Waals surface area contributed by atoms with Gasteiger partial charge in [0.05, 0.1) is 6.42 Å². The van der Waals surface area contributed by atoms with Crippen LogP contribution >= 0.6 is 11.6 Å². The summed E-state index contributed by atoms with van der Waals surface area (Å²) in [7, 11) is 0. The fraction of sp³-hybridized carbons (Fsp3) is 0.500. The van der Waals surface area contributed by atoms with E-state index >= 15 is 0 Å². The lowest BCUT2D eigenvalue weighted by atomic mass is 10.1. The molecule has 0 aliphatic heterocycles. The second-order valence-electron chi connectivity index (χ2n) is 4.88. The van der Waals surface area contributed by atoms with Crippen LogP contribution in [-0.4, -0.2) is 17.8 Å². The fourth-order valence-electron chi connectivity index (χ4n) is 2.31. The van der Waals surface area contributed by atoms with Crippen LogP contribution in [0.1, 0.15) is 24.8 Å². The van der Waals surface area contributed by atoms with Gasteiger partial charge in [-0.05, 0) is 42.9 Å². The number of hydrogen-bond donors (Lipinski definition) is 1. The first kappa shape index (κ1) is 13.3. The van der Waals surface area contributed by atoms with E-state index in [4.69, 9.17) is 11.6 Å². The molecule has 2 atom stereocenters. The lowest BCUT2D eigenvalue weighted by Crippen LogP contribution is -2.29. The van der Waals surface area contributed by atoms with Crippen molar-refractivity contribution in [2.24, 2.45) is 5.92 Å². The molecule has 4 heteroatoms. The first-order valence-corrected chi connectivity index (χ1v) is 6.72. The van der Waals surface area contributed by atoms with Crippen LogP contribution in [0.25, 0.3) is 0 Å². The third-order valence-electron chi connectivity index (χ3n) is 3.34. The summed E-state index contributed by atoms with van der Waals surface area (Å²) < 4.78 is 12.7. The number of amides is 1. The second kappa shape index (κ2) is 6.19. The Bertz CT molecular complexity index is 407. The molecule has 0 bridgehead atoms. The summed E-state index contributed by atoms with van der Waals surface area (Å²) in [6.45, 7) is 0.698. The number of alkyl halides is 1. The van der Waals surface area contributed by atoms with Gasteiger partial charge < -0.3 is 5.32 Å². The van der Waals surface area contributed by atoms with E-state index in [9.17, 15) is 9.18 Å². The molecule has 0 spiro atoms. The minimum atomic E-state index is -0.279. The van der Waals surface area contributed by atoms with Crippen LogP contribution in [0.5, 0.6) is 0 Å². The summed E-state index contributed by atoms with van der Waals surface area (Å²) in [5.74, 6) is 0.211. The highest BCUT2D eigenvalue weighted by Crippen LogP contribution is 2.28. The molecule has 2 rings (SSSR count). The monoisotopic (exact) mass is 269 g/mol. The molecular weight excluding hydrogens is 253 g/mol. The normalized spacial score (nSPS) is 23.0. The zero-order valence-corrected chi connectivity index (χ0v) is 10.9. The molecule has 1 aliphatic rings. The van der Waals surface area contributed by atoms with Gasteiger partial charge in [-0.3, -0.25) is 4.79 Å². The van der Waals surface area contributed by atoms with Gasteiger partial charge in [-0.1, -0.05) is 12.1 Å². The Morgan fingerprint density at radius 1 is 1.33 bits per heavy atom. The predicted molar refractivity (Wildman–Crippen MR) is 70.1 cm³/mol. The maximum atomic E-state index is 12.7. The molecule has 1 aromatic carbocycles. The van der Waals surface area contributed by atoms with Gasteiger partial charge in [0.25, 0.3) is 0 Å². The molecule has 1 N–H and O–H groups in total. The van der Waals surface area contributed by atoms with E-state index in [0.29, 0.717) is 18.9 Å². The van der Waals surface area contributed by atoms with Crippen molar-refractivity contribution in [3.63, 3.8) is 0 Å². The minimum Gasteiger partial charge on any atom is -0.356 e. The molecule has 0 saturated heterocycles. The third kappa shape index (κ3) is 3.98. The van der Waals surface area contributed by atoms with Crippen molar-refractivity contribution < 1.29 is 9.18 Å². The quantitative estimate of drug-likeness (QED) is 0.837. The van der Waals surface area contributed by atoms with Gasteiger partial charge in [0.2, 0.25) is 5.91 Å². The Kier molecular flexibility index (Phi) is 4.59. The highest BCUT2D eigenvalue weighted by molar-refractivity contribution is 6.20. The van der Waals surface area contributed by atoms with Gasteiger partial charge >= 0.3 is 0 Å². The van der Waals surface area contributed by atoms with Crippen LogP contribution in [0.4, 0.5) is 4.39 Å². The van der Waals surface area contributed by atoms with Gasteiger partial charge in [-0.15, -0.1) is 11.6 Å². The Morgan fingerprint density at radius 3 is 2.67 bits per heavy atom. The van der Waals surface area contributed by atoms with Crippen LogP contribution in [0.15, 0.2) is 24.3 Å². The number of nitrogens with one attached hydrogen (secondary N) is 1. The van der Waals surface area contributed by atoms with Crippen molar-refractivity contribution in [3.8, 4) is 0 Å². The molecular formula is C14H17ClFNO. The van der Waals surface area contributed by atoms with Crippen LogP contribution in [0.3, 0.4) is 0 Å². The van der Waals surface area contributed by atoms with E-state index in [1.807, 2.05) is 0 Å². The molecule has 0 radical (unpaired) electrons. The zero-order chi connectivity index (χ0) is 13.0. The number of benzene rings is 1. The summed E-state index contributed by atoms with van der Waals surface area (Å²) in [4.78, 5) is 11.7. The predicted octanol–water partition coefficient (Wildman–Crippen LogP) is 2.89. The molecule has 1 aromatic rings. The summed E-state index contributed by atoms with van der Waals surface area (Å²) in [5.41, 5.74) is 0.829. The average molecular weight is 270 g/mol. The van der Waals surface area contributed by atoms with E-state index in [0.717, 1.165) is 24.8 Å². The largest absolute Gasteiger partial charge is 0.356 e. The Hall–Kier alpha value is -1.09. The van der Waals surface area contributed by atoms with Crippen molar-refractivity contribution in [1.29, 1.82) is 0 Å². The highest BCUT2D eigenvalue weighted by atomic mass is 35.5. The summed E-state index contributed by atoms with van der Waals surface area (Å²) in [6.07, 6.45) is 3.42. The first-order chi connectivity index (χ1) is 8.63. The van der Waals surface area contributed by atoms with Crippen LogP contribution in [0.2, 0.25) is 0 Å². The lowest BCUT2D eigenvalue weighted by molar-refractivity contribution is -0.120. The maximum absolute atomic E-state index is 12.7. The molecule has 0 aromatic heterocycles. The zero-order valence-electron chi connectivity index (χ0n) is 10.2. The number of hydrogen-bond acceptors (Lipinski definition) is 1. The Balaban J connectivity index is 1.73. The summed E-state index contributed by atoms with van der Waals surface area (Å²) >= 11 is 6.02.